The topological polar surface area (TPSA) is 87.3 Å². The molecule has 0 unspecified atom stereocenters. The van der Waals surface area contributed by atoms with Crippen LogP contribution in [0.1, 0.15) is 35.7 Å². The Morgan fingerprint density at radius 1 is 1.23 bits per heavy atom. The molecular weight excluding hydrogens is 464 g/mol. The number of hydrogen-bond acceptors (Lipinski definition) is 4. The van der Waals surface area contributed by atoms with Gasteiger partial charge in [0.25, 0.3) is 5.91 Å². The predicted molar refractivity (Wildman–Crippen MR) is 123 cm³/mol. The van der Waals surface area contributed by atoms with E-state index < -0.39 is 21.7 Å². The molecule has 1 aliphatic rings. The molecule has 6 nitrogen and oxygen atoms in total. The van der Waals surface area contributed by atoms with E-state index in [9.17, 15) is 17.6 Å². The molecule has 0 radical (unpaired) electrons. The van der Waals surface area contributed by atoms with Crippen LogP contribution in [0.2, 0.25) is 5.02 Å². The van der Waals surface area contributed by atoms with Crippen LogP contribution in [0.25, 0.3) is 0 Å². The third-order valence-corrected chi connectivity index (χ3v) is 7.22. The van der Waals surface area contributed by atoms with Crippen molar-refractivity contribution < 1.29 is 17.6 Å². The average Bonchev–Trinajstić information content (AvgIpc) is 2.71. The molecule has 3 rings (SSSR count). The highest BCUT2D eigenvalue weighted by Crippen LogP contribution is 2.30. The minimum Gasteiger partial charge on any atom is -0.318 e. The number of carbonyl (C=O) groups is 1. The Kier molecular flexibility index (Phi) is 8.85. The van der Waals surface area contributed by atoms with Crippen molar-refractivity contribution in [2.24, 2.45) is 5.92 Å². The Hall–Kier alpha value is -1.71. The number of anilines is 1. The van der Waals surface area contributed by atoms with Crippen molar-refractivity contribution in [2.45, 2.75) is 37.6 Å². The van der Waals surface area contributed by atoms with Gasteiger partial charge in [-0.3, -0.25) is 4.79 Å². The lowest BCUT2D eigenvalue weighted by Gasteiger charge is -2.28. The SMILES string of the molecule is Cc1ccccc1C(=O)Nc1c(F)cc(S(=O)(=O)N[C@H](C)C2CCNCC2)cc1Cl.Cl. The quantitative estimate of drug-likeness (QED) is 0.569. The Labute approximate surface area is 193 Å². The Morgan fingerprint density at radius 3 is 2.48 bits per heavy atom. The first kappa shape index (κ1) is 25.5. The molecule has 0 aliphatic carbocycles. The predicted octanol–water partition coefficient (Wildman–Crippen LogP) is 4.13. The fourth-order valence-electron chi connectivity index (χ4n) is 3.59. The molecule has 1 atom stereocenters. The number of rotatable bonds is 6. The highest BCUT2D eigenvalue weighted by molar-refractivity contribution is 7.89. The summed E-state index contributed by atoms with van der Waals surface area (Å²) in [6.45, 7) is 5.25. The highest BCUT2D eigenvalue weighted by Gasteiger charge is 2.27. The molecule has 170 valence electrons. The van der Waals surface area contributed by atoms with E-state index in [0.717, 1.165) is 43.6 Å². The highest BCUT2D eigenvalue weighted by atomic mass is 35.5. The second-order valence-electron chi connectivity index (χ2n) is 7.53. The molecule has 0 bridgehead atoms. The molecule has 0 aromatic heterocycles. The molecular formula is C21H26Cl2FN3O3S. The van der Waals surface area contributed by atoms with Crippen LogP contribution in [-0.4, -0.2) is 33.5 Å². The van der Waals surface area contributed by atoms with Gasteiger partial charge in [-0.2, -0.15) is 0 Å². The fourth-order valence-corrected chi connectivity index (χ4v) is 5.26. The summed E-state index contributed by atoms with van der Waals surface area (Å²) in [7, 11) is -3.97. The van der Waals surface area contributed by atoms with E-state index in [-0.39, 0.29) is 40.0 Å². The maximum Gasteiger partial charge on any atom is 0.256 e. The van der Waals surface area contributed by atoms with Gasteiger partial charge in [-0.15, -0.1) is 12.4 Å². The zero-order valence-electron chi connectivity index (χ0n) is 17.2. The standard InChI is InChI=1S/C21H25ClFN3O3S.ClH/c1-13-5-3-4-6-17(13)21(27)25-20-18(22)11-16(12-19(20)23)30(28,29)26-14(2)15-7-9-24-10-8-15;/h3-6,11-12,14-15,24,26H,7-10H2,1-2H3,(H,25,27);1H/t14-;/m1./s1. The van der Waals surface area contributed by atoms with Crippen LogP contribution in [0.15, 0.2) is 41.3 Å². The van der Waals surface area contributed by atoms with Crippen molar-refractivity contribution in [1.29, 1.82) is 0 Å². The maximum absolute atomic E-state index is 14.7. The summed E-state index contributed by atoms with van der Waals surface area (Å²) in [5, 5.41) is 5.49. The summed E-state index contributed by atoms with van der Waals surface area (Å²) < 4.78 is 42.8. The van der Waals surface area contributed by atoms with Crippen LogP contribution in [-0.2, 0) is 10.0 Å². The Bertz CT molecular complexity index is 1020. The molecule has 10 heteroatoms. The lowest BCUT2D eigenvalue weighted by Crippen LogP contribution is -2.42. The van der Waals surface area contributed by atoms with Gasteiger partial charge in [-0.05, 0) is 69.5 Å². The van der Waals surface area contributed by atoms with E-state index in [0.29, 0.717) is 5.56 Å². The zero-order chi connectivity index (χ0) is 21.9. The minimum atomic E-state index is -3.97. The van der Waals surface area contributed by atoms with E-state index in [2.05, 4.69) is 15.4 Å². The normalized spacial score (nSPS) is 15.7. The van der Waals surface area contributed by atoms with Gasteiger partial charge in [0.2, 0.25) is 10.0 Å². The molecule has 2 aromatic carbocycles. The first-order valence-electron chi connectivity index (χ1n) is 9.78. The number of hydrogen-bond donors (Lipinski definition) is 3. The van der Waals surface area contributed by atoms with Crippen molar-refractivity contribution in [3.8, 4) is 0 Å². The molecule has 0 saturated carbocycles. The van der Waals surface area contributed by atoms with Crippen LogP contribution < -0.4 is 15.4 Å². The zero-order valence-corrected chi connectivity index (χ0v) is 19.6. The smallest absolute Gasteiger partial charge is 0.256 e. The van der Waals surface area contributed by atoms with Gasteiger partial charge in [0, 0.05) is 11.6 Å². The summed E-state index contributed by atoms with van der Waals surface area (Å²) in [6.07, 6.45) is 1.73. The summed E-state index contributed by atoms with van der Waals surface area (Å²) >= 11 is 6.14. The van der Waals surface area contributed by atoms with E-state index in [1.165, 1.54) is 0 Å². The van der Waals surface area contributed by atoms with Gasteiger partial charge in [0.15, 0.2) is 0 Å². The number of nitrogens with one attached hydrogen (secondary N) is 3. The number of piperidine rings is 1. The third kappa shape index (κ3) is 6.17. The first-order chi connectivity index (χ1) is 14.2. The van der Waals surface area contributed by atoms with Crippen molar-refractivity contribution in [3.05, 3.63) is 58.4 Å². The number of benzene rings is 2. The largest absolute Gasteiger partial charge is 0.318 e. The summed E-state index contributed by atoms with van der Waals surface area (Å²) in [5.41, 5.74) is 0.847. The summed E-state index contributed by atoms with van der Waals surface area (Å²) in [4.78, 5) is 12.2. The fraction of sp³-hybridized carbons (Fsp3) is 0.381. The van der Waals surface area contributed by atoms with Crippen LogP contribution in [0.3, 0.4) is 0 Å². The molecule has 2 aromatic rings. The maximum atomic E-state index is 14.7. The van der Waals surface area contributed by atoms with Gasteiger partial charge in [-0.1, -0.05) is 29.8 Å². The van der Waals surface area contributed by atoms with E-state index >= 15 is 0 Å². The van der Waals surface area contributed by atoms with Crippen molar-refractivity contribution in [2.75, 3.05) is 18.4 Å². The molecule has 1 amide bonds. The second kappa shape index (κ2) is 10.7. The Balaban J connectivity index is 0.00000341. The van der Waals surface area contributed by atoms with Crippen molar-refractivity contribution >= 4 is 45.6 Å². The number of halogens is 3. The van der Waals surface area contributed by atoms with Gasteiger partial charge in [0.05, 0.1) is 15.6 Å². The lowest BCUT2D eigenvalue weighted by molar-refractivity contribution is 0.102. The van der Waals surface area contributed by atoms with Crippen molar-refractivity contribution in [1.82, 2.24) is 10.0 Å². The number of aryl methyl sites for hydroxylation is 1. The van der Waals surface area contributed by atoms with E-state index in [1.807, 2.05) is 6.92 Å². The molecule has 1 aliphatic heterocycles. The van der Waals surface area contributed by atoms with E-state index in [1.54, 1.807) is 31.2 Å². The minimum absolute atomic E-state index is 0. The molecule has 3 N–H and O–H groups in total. The molecule has 0 spiro atoms. The molecule has 1 heterocycles. The third-order valence-electron chi connectivity index (χ3n) is 5.39. The molecule has 31 heavy (non-hydrogen) atoms. The number of sulfonamides is 1. The lowest BCUT2D eigenvalue weighted by atomic mass is 9.92. The summed E-state index contributed by atoms with van der Waals surface area (Å²) in [6, 6.07) is 8.59. The van der Waals surface area contributed by atoms with Crippen molar-refractivity contribution in [3.63, 3.8) is 0 Å². The van der Waals surface area contributed by atoms with E-state index in [4.69, 9.17) is 11.6 Å². The van der Waals surface area contributed by atoms with Gasteiger partial charge < -0.3 is 10.6 Å². The van der Waals surface area contributed by atoms with Crippen LogP contribution >= 0.6 is 24.0 Å². The molecule has 1 saturated heterocycles. The molecule has 1 fully saturated rings. The summed E-state index contributed by atoms with van der Waals surface area (Å²) in [5.74, 6) is -1.24. The first-order valence-corrected chi connectivity index (χ1v) is 11.6. The van der Waals surface area contributed by atoms with Crippen LogP contribution in [0, 0.1) is 18.7 Å². The number of carbonyl (C=O) groups excluding carboxylic acids is 1. The van der Waals surface area contributed by atoms with Crippen LogP contribution in [0.5, 0.6) is 0 Å². The monoisotopic (exact) mass is 489 g/mol. The second-order valence-corrected chi connectivity index (χ2v) is 9.65. The average molecular weight is 490 g/mol. The number of amides is 1. The van der Waals surface area contributed by atoms with Gasteiger partial charge in [-0.25, -0.2) is 17.5 Å². The van der Waals surface area contributed by atoms with Crippen LogP contribution in [0.4, 0.5) is 10.1 Å². The Morgan fingerprint density at radius 2 is 1.87 bits per heavy atom. The van der Waals surface area contributed by atoms with Gasteiger partial charge >= 0.3 is 0 Å². The van der Waals surface area contributed by atoms with Gasteiger partial charge in [0.1, 0.15) is 5.82 Å².